The molecule has 0 aliphatic carbocycles. The van der Waals surface area contributed by atoms with Crippen molar-refractivity contribution in [1.82, 2.24) is 35.0 Å². The molecular weight excluding hydrogens is 174 g/mol. The molecule has 8 heteroatoms. The molecule has 3 aromatic heterocycles. The second-order valence-electron chi connectivity index (χ2n) is 2.42. The molecule has 0 aliphatic heterocycles. The standard InChI is InChI=1S/C5H3N7O/c13-4-2-3(10-11-9-2)8-5-6-1-7-12(4)5/h1,13H,(H,6,7,8,9,10). The molecule has 0 unspecified atom stereocenters. The van der Waals surface area contributed by atoms with Crippen LogP contribution in [0.25, 0.3) is 16.9 Å². The van der Waals surface area contributed by atoms with Crippen molar-refractivity contribution in [2.24, 2.45) is 0 Å². The molecule has 0 amide bonds. The minimum atomic E-state index is -0.119. The summed E-state index contributed by atoms with van der Waals surface area (Å²) in [5.41, 5.74) is 0.663. The van der Waals surface area contributed by atoms with Crippen molar-refractivity contribution in [3.8, 4) is 5.88 Å². The maximum atomic E-state index is 9.59. The third kappa shape index (κ3) is 0.662. The van der Waals surface area contributed by atoms with Crippen LogP contribution >= 0.6 is 0 Å². The van der Waals surface area contributed by atoms with Crippen molar-refractivity contribution in [3.63, 3.8) is 0 Å². The Morgan fingerprint density at radius 2 is 2.38 bits per heavy atom. The number of H-pyrrole nitrogens is 1. The molecule has 0 fully saturated rings. The Hall–Kier alpha value is -2.25. The zero-order valence-corrected chi connectivity index (χ0v) is 6.21. The van der Waals surface area contributed by atoms with Crippen LogP contribution in [0.4, 0.5) is 0 Å². The third-order valence-electron chi connectivity index (χ3n) is 1.68. The van der Waals surface area contributed by atoms with E-state index in [1.165, 1.54) is 10.8 Å². The number of fused-ring (bicyclic) bond motifs is 2. The summed E-state index contributed by atoms with van der Waals surface area (Å²) in [7, 11) is 0. The lowest BCUT2D eigenvalue weighted by atomic mass is 10.5. The van der Waals surface area contributed by atoms with Gasteiger partial charge in [-0.2, -0.15) is 19.6 Å². The Balaban J connectivity index is 2.67. The summed E-state index contributed by atoms with van der Waals surface area (Å²) >= 11 is 0. The van der Waals surface area contributed by atoms with Crippen LogP contribution in [0.3, 0.4) is 0 Å². The van der Waals surface area contributed by atoms with Crippen molar-refractivity contribution in [2.75, 3.05) is 0 Å². The highest BCUT2D eigenvalue weighted by atomic mass is 16.3. The monoisotopic (exact) mass is 177 g/mol. The summed E-state index contributed by atoms with van der Waals surface area (Å²) in [5.74, 6) is 0.183. The Kier molecular flexibility index (Phi) is 0.925. The van der Waals surface area contributed by atoms with Gasteiger partial charge in [0.1, 0.15) is 6.33 Å². The van der Waals surface area contributed by atoms with Gasteiger partial charge in [-0.1, -0.05) is 5.21 Å². The van der Waals surface area contributed by atoms with E-state index in [1.807, 2.05) is 0 Å². The smallest absolute Gasteiger partial charge is 0.257 e. The average molecular weight is 177 g/mol. The molecule has 8 nitrogen and oxygen atoms in total. The van der Waals surface area contributed by atoms with Gasteiger partial charge in [-0.15, -0.1) is 5.10 Å². The van der Waals surface area contributed by atoms with Crippen molar-refractivity contribution < 1.29 is 5.11 Å². The number of aromatic hydroxyl groups is 1. The first-order chi connectivity index (χ1) is 6.36. The van der Waals surface area contributed by atoms with Gasteiger partial charge in [-0.25, -0.2) is 5.10 Å². The van der Waals surface area contributed by atoms with E-state index in [0.717, 1.165) is 0 Å². The van der Waals surface area contributed by atoms with E-state index in [1.54, 1.807) is 0 Å². The highest BCUT2D eigenvalue weighted by Crippen LogP contribution is 2.18. The summed E-state index contributed by atoms with van der Waals surface area (Å²) in [6.07, 6.45) is 1.30. The quantitative estimate of drug-likeness (QED) is 0.461. The predicted molar refractivity (Wildman–Crippen MR) is 39.9 cm³/mol. The molecule has 0 atom stereocenters. The van der Waals surface area contributed by atoms with Crippen LogP contribution in [0.15, 0.2) is 6.33 Å². The number of aromatic nitrogens is 7. The molecule has 0 saturated heterocycles. The van der Waals surface area contributed by atoms with E-state index >= 15 is 0 Å². The van der Waals surface area contributed by atoms with Gasteiger partial charge >= 0.3 is 0 Å². The van der Waals surface area contributed by atoms with Crippen LogP contribution in [0.1, 0.15) is 0 Å². The lowest BCUT2D eigenvalue weighted by Crippen LogP contribution is -1.92. The SMILES string of the molecule is Oc1c2nn[nH]c2nc2ncnn12. The van der Waals surface area contributed by atoms with E-state index in [2.05, 4.69) is 30.5 Å². The maximum Gasteiger partial charge on any atom is 0.257 e. The molecule has 0 aromatic carbocycles. The number of rotatable bonds is 0. The third-order valence-corrected chi connectivity index (χ3v) is 1.68. The molecule has 13 heavy (non-hydrogen) atoms. The molecular formula is C5H3N7O. The highest BCUT2D eigenvalue weighted by Gasteiger charge is 2.11. The number of nitrogens with zero attached hydrogens (tertiary/aromatic N) is 6. The van der Waals surface area contributed by atoms with Gasteiger partial charge in [-0.3, -0.25) is 0 Å². The predicted octanol–water partition coefficient (Wildman–Crippen LogP) is -0.899. The number of nitrogens with one attached hydrogen (secondary N) is 1. The summed E-state index contributed by atoms with van der Waals surface area (Å²) in [6, 6.07) is 0. The largest absolute Gasteiger partial charge is 0.491 e. The summed E-state index contributed by atoms with van der Waals surface area (Å²) < 4.78 is 1.19. The number of aromatic amines is 1. The molecule has 0 aliphatic rings. The van der Waals surface area contributed by atoms with Gasteiger partial charge in [0.15, 0.2) is 11.2 Å². The van der Waals surface area contributed by atoms with Crippen LogP contribution in [-0.2, 0) is 0 Å². The lowest BCUT2D eigenvalue weighted by Gasteiger charge is -1.94. The van der Waals surface area contributed by atoms with Gasteiger partial charge < -0.3 is 5.11 Å². The van der Waals surface area contributed by atoms with Gasteiger partial charge in [0.05, 0.1) is 0 Å². The van der Waals surface area contributed by atoms with Crippen LogP contribution in [0.5, 0.6) is 5.88 Å². The molecule has 0 bridgehead atoms. The van der Waals surface area contributed by atoms with E-state index in [4.69, 9.17) is 0 Å². The first kappa shape index (κ1) is 6.29. The second-order valence-corrected chi connectivity index (χ2v) is 2.42. The minimum absolute atomic E-state index is 0.119. The average Bonchev–Trinajstić information content (AvgIpc) is 2.71. The first-order valence-corrected chi connectivity index (χ1v) is 3.46. The fourth-order valence-electron chi connectivity index (χ4n) is 1.11. The highest BCUT2D eigenvalue weighted by molar-refractivity contribution is 5.76. The Morgan fingerprint density at radius 3 is 3.31 bits per heavy atom. The zero-order chi connectivity index (χ0) is 8.84. The van der Waals surface area contributed by atoms with Crippen LogP contribution in [0, 0.1) is 0 Å². The molecule has 2 N–H and O–H groups in total. The van der Waals surface area contributed by atoms with E-state index in [9.17, 15) is 5.11 Å². The van der Waals surface area contributed by atoms with Gasteiger partial charge in [0, 0.05) is 0 Å². The van der Waals surface area contributed by atoms with Crippen LogP contribution < -0.4 is 0 Å². The fraction of sp³-hybridized carbons (Fsp3) is 0. The second kappa shape index (κ2) is 1.91. The molecule has 0 radical (unpaired) electrons. The molecule has 3 aromatic rings. The maximum absolute atomic E-state index is 9.59. The lowest BCUT2D eigenvalue weighted by molar-refractivity contribution is 0.441. The van der Waals surface area contributed by atoms with Gasteiger partial charge in [0.2, 0.25) is 5.88 Å². The Bertz CT molecular complexity index is 532. The zero-order valence-electron chi connectivity index (χ0n) is 6.21. The molecule has 3 heterocycles. The van der Waals surface area contributed by atoms with Crippen molar-refractivity contribution in [1.29, 1.82) is 0 Å². The number of hydrogen-bond donors (Lipinski definition) is 2. The molecule has 64 valence electrons. The first-order valence-electron chi connectivity index (χ1n) is 3.46. The molecule has 0 saturated carbocycles. The van der Waals surface area contributed by atoms with E-state index < -0.39 is 0 Å². The van der Waals surface area contributed by atoms with Gasteiger partial charge in [-0.05, 0) is 0 Å². The Morgan fingerprint density at radius 1 is 1.46 bits per heavy atom. The fourth-order valence-corrected chi connectivity index (χ4v) is 1.11. The minimum Gasteiger partial charge on any atom is -0.491 e. The summed E-state index contributed by atoms with van der Waals surface area (Å²) in [5, 5.41) is 23.0. The molecule has 3 rings (SSSR count). The van der Waals surface area contributed by atoms with Crippen LogP contribution in [-0.4, -0.2) is 40.1 Å². The van der Waals surface area contributed by atoms with Crippen molar-refractivity contribution >= 4 is 16.9 Å². The normalized spacial score (nSPS) is 11.4. The van der Waals surface area contributed by atoms with Crippen molar-refractivity contribution in [2.45, 2.75) is 0 Å². The molecule has 0 spiro atoms. The topological polar surface area (TPSA) is 105 Å². The Labute approximate surface area is 70.2 Å². The van der Waals surface area contributed by atoms with E-state index in [0.29, 0.717) is 11.4 Å². The summed E-state index contributed by atoms with van der Waals surface area (Å²) in [6.45, 7) is 0. The van der Waals surface area contributed by atoms with Crippen molar-refractivity contribution in [3.05, 3.63) is 6.33 Å². The summed E-state index contributed by atoms with van der Waals surface area (Å²) in [4.78, 5) is 7.82. The van der Waals surface area contributed by atoms with Gasteiger partial charge in [0.25, 0.3) is 5.78 Å². The van der Waals surface area contributed by atoms with Crippen LogP contribution in [0.2, 0.25) is 0 Å². The van der Waals surface area contributed by atoms with E-state index in [-0.39, 0.29) is 11.4 Å². The number of hydrogen-bond acceptors (Lipinski definition) is 6.